The highest BCUT2D eigenvalue weighted by Crippen LogP contribution is 2.36. The van der Waals surface area contributed by atoms with E-state index in [1.807, 2.05) is 72.6 Å². The quantitative estimate of drug-likeness (QED) is 0.166. The van der Waals surface area contributed by atoms with Crippen molar-refractivity contribution < 1.29 is 23.9 Å². The van der Waals surface area contributed by atoms with Crippen molar-refractivity contribution in [3.63, 3.8) is 0 Å². The highest BCUT2D eigenvalue weighted by molar-refractivity contribution is 5.92. The largest absolute Gasteiger partial charge is 0.493 e. The van der Waals surface area contributed by atoms with E-state index in [0.717, 1.165) is 22.2 Å². The van der Waals surface area contributed by atoms with E-state index in [4.69, 9.17) is 19.1 Å². The SMILES string of the molecule is COc1ccc(N(C)c2cc(=O)oc3ccccc23)cc1OCc1ccc(/C=C/C(=O)NO)cc1. The molecule has 35 heavy (non-hydrogen) atoms. The van der Waals surface area contributed by atoms with E-state index in [-0.39, 0.29) is 0 Å². The minimum atomic E-state index is -0.598. The molecule has 4 rings (SSSR count). The monoisotopic (exact) mass is 472 g/mol. The van der Waals surface area contributed by atoms with E-state index in [9.17, 15) is 9.59 Å². The number of rotatable bonds is 8. The molecule has 0 aliphatic heterocycles. The van der Waals surface area contributed by atoms with Crippen LogP contribution in [0.5, 0.6) is 11.5 Å². The molecular formula is C27H24N2O6. The van der Waals surface area contributed by atoms with Gasteiger partial charge in [-0.05, 0) is 41.5 Å². The molecule has 0 unspecified atom stereocenters. The highest BCUT2D eigenvalue weighted by atomic mass is 16.5. The molecule has 0 fully saturated rings. The van der Waals surface area contributed by atoms with Gasteiger partial charge in [-0.1, -0.05) is 36.4 Å². The number of para-hydroxylation sites is 1. The fourth-order valence-electron chi connectivity index (χ4n) is 3.59. The number of amides is 1. The average molecular weight is 472 g/mol. The number of hydrogen-bond acceptors (Lipinski definition) is 7. The topological polar surface area (TPSA) is 101 Å². The number of methoxy groups -OCH3 is 1. The lowest BCUT2D eigenvalue weighted by molar-refractivity contribution is -0.124. The van der Waals surface area contributed by atoms with Crippen LogP contribution in [0.1, 0.15) is 11.1 Å². The lowest BCUT2D eigenvalue weighted by Gasteiger charge is -2.22. The van der Waals surface area contributed by atoms with Crippen LogP contribution < -0.4 is 25.5 Å². The summed E-state index contributed by atoms with van der Waals surface area (Å²) in [6, 6.07) is 21.9. The standard InChI is InChI=1S/C27H24N2O6/c1-29(22-16-27(31)35-23-6-4-3-5-21(22)23)20-12-13-24(33-2)25(15-20)34-17-19-9-7-18(8-10-19)11-14-26(30)28-32/h3-16,32H,17H2,1-2H3,(H,28,30)/b14-11+. The Kier molecular flexibility index (Phi) is 7.13. The molecule has 0 saturated heterocycles. The summed E-state index contributed by atoms with van der Waals surface area (Å²) in [6.45, 7) is 0.294. The number of hydrogen-bond donors (Lipinski definition) is 2. The molecule has 1 heterocycles. The normalized spacial score (nSPS) is 10.9. The maximum Gasteiger partial charge on any atom is 0.338 e. The fourth-order valence-corrected chi connectivity index (χ4v) is 3.59. The number of nitrogens with one attached hydrogen (secondary N) is 1. The predicted octanol–water partition coefficient (Wildman–Crippen LogP) is 4.67. The zero-order valence-electron chi connectivity index (χ0n) is 19.2. The molecule has 8 nitrogen and oxygen atoms in total. The van der Waals surface area contributed by atoms with Crippen LogP contribution in [0.3, 0.4) is 0 Å². The molecule has 1 amide bonds. The summed E-state index contributed by atoms with van der Waals surface area (Å²) >= 11 is 0. The van der Waals surface area contributed by atoms with E-state index in [1.54, 1.807) is 24.7 Å². The van der Waals surface area contributed by atoms with Gasteiger partial charge in [0.15, 0.2) is 11.5 Å². The van der Waals surface area contributed by atoms with Crippen molar-refractivity contribution in [2.24, 2.45) is 0 Å². The van der Waals surface area contributed by atoms with Crippen LogP contribution in [-0.4, -0.2) is 25.3 Å². The Morgan fingerprint density at radius 2 is 1.83 bits per heavy atom. The highest BCUT2D eigenvalue weighted by Gasteiger charge is 2.14. The zero-order valence-corrected chi connectivity index (χ0v) is 19.2. The lowest BCUT2D eigenvalue weighted by atomic mass is 10.1. The summed E-state index contributed by atoms with van der Waals surface area (Å²) in [7, 11) is 3.45. The third-order valence-electron chi connectivity index (χ3n) is 5.44. The van der Waals surface area contributed by atoms with Gasteiger partial charge in [0.25, 0.3) is 5.91 Å². The van der Waals surface area contributed by atoms with Gasteiger partial charge in [-0.25, -0.2) is 10.3 Å². The summed E-state index contributed by atoms with van der Waals surface area (Å²) in [5, 5.41) is 9.37. The van der Waals surface area contributed by atoms with Crippen LogP contribution in [0.25, 0.3) is 17.0 Å². The van der Waals surface area contributed by atoms with Crippen LogP contribution in [0.15, 0.2) is 88.1 Å². The van der Waals surface area contributed by atoms with E-state index in [1.165, 1.54) is 12.1 Å². The van der Waals surface area contributed by atoms with Crippen molar-refractivity contribution in [1.82, 2.24) is 5.48 Å². The van der Waals surface area contributed by atoms with Gasteiger partial charge in [0.1, 0.15) is 12.2 Å². The number of ether oxygens (including phenoxy) is 2. The van der Waals surface area contributed by atoms with E-state index < -0.39 is 11.5 Å². The van der Waals surface area contributed by atoms with E-state index >= 15 is 0 Å². The minimum Gasteiger partial charge on any atom is -0.493 e. The van der Waals surface area contributed by atoms with Crippen LogP contribution in [-0.2, 0) is 11.4 Å². The Labute approximate surface area is 201 Å². The van der Waals surface area contributed by atoms with Crippen molar-refractivity contribution in [3.8, 4) is 11.5 Å². The second-order valence-corrected chi connectivity index (χ2v) is 7.68. The summed E-state index contributed by atoms with van der Waals surface area (Å²) in [6.07, 6.45) is 2.82. The minimum absolute atomic E-state index is 0.294. The number of hydroxylamine groups is 1. The Morgan fingerprint density at radius 1 is 1.06 bits per heavy atom. The Hall–Kier alpha value is -4.56. The molecule has 0 aliphatic rings. The molecular weight excluding hydrogens is 448 g/mol. The van der Waals surface area contributed by atoms with Crippen LogP contribution in [0, 0.1) is 0 Å². The van der Waals surface area contributed by atoms with Crippen molar-refractivity contribution in [1.29, 1.82) is 0 Å². The molecule has 4 aromatic rings. The Morgan fingerprint density at radius 3 is 2.57 bits per heavy atom. The summed E-state index contributed by atoms with van der Waals surface area (Å²) in [5.74, 6) is 0.528. The van der Waals surface area contributed by atoms with Gasteiger partial charge in [-0.2, -0.15) is 0 Å². The first-order valence-corrected chi connectivity index (χ1v) is 10.8. The van der Waals surface area contributed by atoms with Gasteiger partial charge in [-0.3, -0.25) is 10.0 Å². The Balaban J connectivity index is 1.55. The fraction of sp³-hybridized carbons (Fsp3) is 0.111. The molecule has 8 heteroatoms. The molecule has 1 aromatic heterocycles. The summed E-state index contributed by atoms with van der Waals surface area (Å²) in [4.78, 5) is 25.1. The van der Waals surface area contributed by atoms with Crippen molar-refractivity contribution in [3.05, 3.63) is 100 Å². The first-order chi connectivity index (χ1) is 17.0. The number of carbonyl (C=O) groups is 1. The second-order valence-electron chi connectivity index (χ2n) is 7.68. The Bertz CT molecular complexity index is 1430. The molecule has 0 radical (unpaired) electrons. The molecule has 0 atom stereocenters. The van der Waals surface area contributed by atoms with Gasteiger partial charge in [0.2, 0.25) is 0 Å². The number of anilines is 2. The van der Waals surface area contributed by atoms with Crippen molar-refractivity contribution >= 4 is 34.3 Å². The molecule has 178 valence electrons. The van der Waals surface area contributed by atoms with Crippen LogP contribution in [0.2, 0.25) is 0 Å². The van der Waals surface area contributed by atoms with E-state index in [0.29, 0.717) is 29.4 Å². The third kappa shape index (κ3) is 5.51. The van der Waals surface area contributed by atoms with Crippen molar-refractivity contribution in [2.75, 3.05) is 19.1 Å². The summed E-state index contributed by atoms with van der Waals surface area (Å²) in [5.41, 5.74) is 4.88. The second kappa shape index (κ2) is 10.6. The smallest absolute Gasteiger partial charge is 0.338 e. The molecule has 2 N–H and O–H groups in total. The maximum absolute atomic E-state index is 12.1. The molecule has 0 aliphatic carbocycles. The lowest BCUT2D eigenvalue weighted by Crippen LogP contribution is -2.14. The zero-order chi connectivity index (χ0) is 24.8. The number of benzene rings is 3. The van der Waals surface area contributed by atoms with Gasteiger partial charge in [0.05, 0.1) is 12.8 Å². The van der Waals surface area contributed by atoms with Crippen molar-refractivity contribution in [2.45, 2.75) is 6.61 Å². The van der Waals surface area contributed by atoms with Gasteiger partial charge in [0, 0.05) is 36.3 Å². The molecule has 0 bridgehead atoms. The number of carbonyl (C=O) groups excluding carboxylic acids is 1. The molecule has 0 spiro atoms. The predicted molar refractivity (Wildman–Crippen MR) is 133 cm³/mol. The number of fused-ring (bicyclic) bond motifs is 1. The molecule has 0 saturated carbocycles. The van der Waals surface area contributed by atoms with Crippen LogP contribution >= 0.6 is 0 Å². The third-order valence-corrected chi connectivity index (χ3v) is 5.44. The summed E-state index contributed by atoms with van der Waals surface area (Å²) < 4.78 is 16.8. The number of nitrogens with zero attached hydrogens (tertiary/aromatic N) is 1. The van der Waals surface area contributed by atoms with Crippen LogP contribution in [0.4, 0.5) is 11.4 Å². The van der Waals surface area contributed by atoms with Gasteiger partial charge in [-0.15, -0.1) is 0 Å². The maximum atomic E-state index is 12.1. The first-order valence-electron chi connectivity index (χ1n) is 10.8. The van der Waals surface area contributed by atoms with Gasteiger partial charge >= 0.3 is 5.63 Å². The average Bonchev–Trinajstić information content (AvgIpc) is 2.89. The van der Waals surface area contributed by atoms with E-state index in [2.05, 4.69) is 0 Å². The molecule has 3 aromatic carbocycles. The van der Waals surface area contributed by atoms with Gasteiger partial charge < -0.3 is 18.8 Å². The first kappa shape index (κ1) is 23.6.